The van der Waals surface area contributed by atoms with Crippen molar-refractivity contribution in [1.82, 2.24) is 19.8 Å². The van der Waals surface area contributed by atoms with Gasteiger partial charge in [-0.25, -0.2) is 4.79 Å². The van der Waals surface area contributed by atoms with Crippen molar-refractivity contribution in [3.8, 4) is 11.3 Å². The third-order valence-electron chi connectivity index (χ3n) is 4.07. The molecule has 0 aliphatic heterocycles. The highest BCUT2D eigenvalue weighted by Gasteiger charge is 2.19. The number of aromatic carboxylic acids is 1. The van der Waals surface area contributed by atoms with E-state index in [-0.39, 0.29) is 11.3 Å². The van der Waals surface area contributed by atoms with Gasteiger partial charge in [-0.2, -0.15) is 9.61 Å². The highest BCUT2D eigenvalue weighted by atomic mass is 16.6. The first-order chi connectivity index (χ1) is 12.5. The number of non-ortho nitro benzene ring substituents is 1. The number of nitro groups is 1. The number of benzene rings is 2. The lowest BCUT2D eigenvalue weighted by Gasteiger charge is -2.09. The fourth-order valence-corrected chi connectivity index (χ4v) is 2.87. The Morgan fingerprint density at radius 1 is 1.15 bits per heavy atom. The van der Waals surface area contributed by atoms with Crippen LogP contribution < -0.4 is 0 Å². The topological polar surface area (TPSA) is 124 Å². The summed E-state index contributed by atoms with van der Waals surface area (Å²) >= 11 is 0. The Kier molecular flexibility index (Phi) is 3.36. The second-order valence-corrected chi connectivity index (χ2v) is 5.71. The number of nitrogens with zero attached hydrogens (tertiary/aromatic N) is 5. The average Bonchev–Trinajstić information content (AvgIpc) is 3.01. The Labute approximate surface area is 145 Å². The third-order valence-corrected chi connectivity index (χ3v) is 4.07. The summed E-state index contributed by atoms with van der Waals surface area (Å²) < 4.78 is 1.54. The van der Waals surface area contributed by atoms with Crippen LogP contribution in [0.15, 0.2) is 42.5 Å². The van der Waals surface area contributed by atoms with Gasteiger partial charge in [0, 0.05) is 28.5 Å². The number of hydrogen-bond donors (Lipinski definition) is 1. The Morgan fingerprint density at radius 3 is 2.58 bits per heavy atom. The van der Waals surface area contributed by atoms with Gasteiger partial charge in [0.05, 0.1) is 16.2 Å². The molecule has 0 fully saturated rings. The molecule has 9 heteroatoms. The summed E-state index contributed by atoms with van der Waals surface area (Å²) in [6, 6.07) is 11.0. The minimum Gasteiger partial charge on any atom is -0.478 e. The first-order valence-corrected chi connectivity index (χ1v) is 7.59. The molecule has 0 saturated carbocycles. The van der Waals surface area contributed by atoms with Crippen LogP contribution in [0.5, 0.6) is 0 Å². The first-order valence-electron chi connectivity index (χ1n) is 7.59. The molecule has 128 valence electrons. The third kappa shape index (κ3) is 2.34. The summed E-state index contributed by atoms with van der Waals surface area (Å²) in [7, 11) is 0. The second-order valence-electron chi connectivity index (χ2n) is 5.71. The van der Waals surface area contributed by atoms with E-state index in [1.54, 1.807) is 13.0 Å². The van der Waals surface area contributed by atoms with E-state index >= 15 is 0 Å². The molecule has 2 aromatic heterocycles. The van der Waals surface area contributed by atoms with E-state index in [1.165, 1.54) is 16.6 Å². The van der Waals surface area contributed by atoms with Crippen molar-refractivity contribution in [3.63, 3.8) is 0 Å². The molecular weight excluding hydrogens is 338 g/mol. The van der Waals surface area contributed by atoms with Crippen LogP contribution in [0.25, 0.3) is 27.7 Å². The molecule has 0 radical (unpaired) electrons. The van der Waals surface area contributed by atoms with Crippen LogP contribution in [0.2, 0.25) is 0 Å². The summed E-state index contributed by atoms with van der Waals surface area (Å²) in [5.74, 6) is -0.697. The molecule has 0 bridgehead atoms. The van der Waals surface area contributed by atoms with Crippen LogP contribution in [0.4, 0.5) is 5.69 Å². The van der Waals surface area contributed by atoms with Crippen LogP contribution in [-0.4, -0.2) is 35.8 Å². The summed E-state index contributed by atoms with van der Waals surface area (Å²) in [5.41, 5.74) is 0.822. The van der Waals surface area contributed by atoms with Gasteiger partial charge >= 0.3 is 5.97 Å². The molecule has 9 nitrogen and oxygen atoms in total. The van der Waals surface area contributed by atoms with Crippen molar-refractivity contribution in [2.24, 2.45) is 0 Å². The van der Waals surface area contributed by atoms with Gasteiger partial charge < -0.3 is 5.11 Å². The van der Waals surface area contributed by atoms with Gasteiger partial charge in [-0.15, -0.1) is 10.2 Å². The Bertz CT molecular complexity index is 1180. The van der Waals surface area contributed by atoms with E-state index in [9.17, 15) is 20.0 Å². The van der Waals surface area contributed by atoms with Gasteiger partial charge in [0.2, 0.25) is 0 Å². The highest BCUT2D eigenvalue weighted by Crippen LogP contribution is 2.31. The van der Waals surface area contributed by atoms with Gasteiger partial charge in [0.1, 0.15) is 0 Å². The number of aryl methyl sites for hydroxylation is 1. The molecule has 1 N–H and O–H groups in total. The fraction of sp³-hybridized carbons (Fsp3) is 0.0588. The van der Waals surface area contributed by atoms with Crippen molar-refractivity contribution in [2.75, 3.05) is 0 Å². The van der Waals surface area contributed by atoms with Crippen molar-refractivity contribution in [1.29, 1.82) is 0 Å². The molecular formula is C17H11N5O4. The molecule has 0 amide bonds. The maximum atomic E-state index is 11.4. The molecule has 0 aliphatic rings. The molecule has 2 aromatic carbocycles. The van der Waals surface area contributed by atoms with Crippen LogP contribution in [0, 0.1) is 17.0 Å². The van der Waals surface area contributed by atoms with Gasteiger partial charge in [0.25, 0.3) is 5.69 Å². The summed E-state index contributed by atoms with van der Waals surface area (Å²) in [6.07, 6.45) is 0. The number of carboxylic acid groups (broad SMARTS) is 1. The number of rotatable bonds is 3. The van der Waals surface area contributed by atoms with E-state index in [2.05, 4.69) is 15.3 Å². The minimum absolute atomic E-state index is 0.180. The monoisotopic (exact) mass is 349 g/mol. The largest absolute Gasteiger partial charge is 0.478 e. The molecule has 4 rings (SSSR count). The molecule has 0 aliphatic carbocycles. The summed E-state index contributed by atoms with van der Waals surface area (Å²) in [5, 5.41) is 34.6. The fourth-order valence-electron chi connectivity index (χ4n) is 2.87. The lowest BCUT2D eigenvalue weighted by Crippen LogP contribution is -2.02. The standard InChI is InChI=1S/C17H11N5O4/c1-9-18-19-16-14-5-3-2-4-13(14)15(20-21(9)16)10-6-11(17(23)24)8-12(7-10)22(25)26/h2-8H,1H3,(H,23,24). The SMILES string of the molecule is Cc1nnc2c3ccccc3c(-c3cc(C(=O)O)cc([N+](=O)[O-])c3)nn12. The lowest BCUT2D eigenvalue weighted by atomic mass is 10.0. The lowest BCUT2D eigenvalue weighted by molar-refractivity contribution is -0.384. The number of fused-ring (bicyclic) bond motifs is 3. The normalized spacial score (nSPS) is 11.1. The molecule has 4 aromatic rings. The molecule has 0 spiro atoms. The minimum atomic E-state index is -1.25. The zero-order valence-corrected chi connectivity index (χ0v) is 13.4. The van der Waals surface area contributed by atoms with Crippen LogP contribution in [0.1, 0.15) is 16.2 Å². The quantitative estimate of drug-likeness (QED) is 0.445. The van der Waals surface area contributed by atoms with Crippen LogP contribution in [0.3, 0.4) is 0 Å². The first kappa shape index (κ1) is 15.6. The predicted octanol–water partition coefficient (Wildman–Crippen LogP) is 2.86. The zero-order chi connectivity index (χ0) is 18.4. The Hall–Kier alpha value is -3.88. The number of hydrogen-bond acceptors (Lipinski definition) is 6. The molecule has 0 atom stereocenters. The number of carbonyl (C=O) groups is 1. The highest BCUT2D eigenvalue weighted by molar-refractivity contribution is 6.02. The van der Waals surface area contributed by atoms with E-state index < -0.39 is 10.9 Å². The number of aromatic nitrogens is 4. The molecule has 26 heavy (non-hydrogen) atoms. The molecule has 0 unspecified atom stereocenters. The van der Waals surface area contributed by atoms with E-state index in [0.717, 1.165) is 11.5 Å². The van der Waals surface area contributed by atoms with E-state index in [0.29, 0.717) is 28.1 Å². The van der Waals surface area contributed by atoms with Crippen LogP contribution >= 0.6 is 0 Å². The molecule has 2 heterocycles. The second kappa shape index (κ2) is 5.59. The summed E-state index contributed by atoms with van der Waals surface area (Å²) in [4.78, 5) is 22.0. The van der Waals surface area contributed by atoms with Gasteiger partial charge in [-0.3, -0.25) is 10.1 Å². The van der Waals surface area contributed by atoms with E-state index in [1.807, 2.05) is 18.2 Å². The number of carboxylic acids is 1. The predicted molar refractivity (Wildman–Crippen MR) is 92.1 cm³/mol. The Balaban J connectivity index is 2.12. The van der Waals surface area contributed by atoms with Crippen molar-refractivity contribution < 1.29 is 14.8 Å². The van der Waals surface area contributed by atoms with Crippen molar-refractivity contribution >= 4 is 28.1 Å². The van der Waals surface area contributed by atoms with Crippen LogP contribution in [-0.2, 0) is 0 Å². The summed E-state index contributed by atoms with van der Waals surface area (Å²) in [6.45, 7) is 1.74. The maximum Gasteiger partial charge on any atom is 0.335 e. The average molecular weight is 349 g/mol. The number of nitro benzene ring substituents is 1. The van der Waals surface area contributed by atoms with E-state index in [4.69, 9.17) is 0 Å². The molecule has 0 saturated heterocycles. The van der Waals surface area contributed by atoms with Crippen molar-refractivity contribution in [3.05, 3.63) is 64.0 Å². The zero-order valence-electron chi connectivity index (χ0n) is 13.4. The van der Waals surface area contributed by atoms with Gasteiger partial charge in [-0.05, 0) is 13.0 Å². The smallest absolute Gasteiger partial charge is 0.335 e. The van der Waals surface area contributed by atoms with Gasteiger partial charge in [0.15, 0.2) is 11.5 Å². The maximum absolute atomic E-state index is 11.4. The van der Waals surface area contributed by atoms with Crippen molar-refractivity contribution in [2.45, 2.75) is 6.92 Å². The Morgan fingerprint density at radius 2 is 1.88 bits per heavy atom. The van der Waals surface area contributed by atoms with Gasteiger partial charge in [-0.1, -0.05) is 24.3 Å².